The molecule has 3 aromatic rings. The summed E-state index contributed by atoms with van der Waals surface area (Å²) in [5.74, 6) is 0.519. The lowest BCUT2D eigenvalue weighted by molar-refractivity contribution is 0.361. The van der Waals surface area contributed by atoms with Crippen molar-refractivity contribution in [3.05, 3.63) is 77.4 Å². The Morgan fingerprint density at radius 3 is 2.00 bits per heavy atom. The molecule has 0 aromatic heterocycles. The van der Waals surface area contributed by atoms with Crippen LogP contribution in [-0.2, 0) is 6.42 Å². The van der Waals surface area contributed by atoms with Gasteiger partial charge in [-0.1, -0.05) is 44.2 Å². The highest BCUT2D eigenvalue weighted by Gasteiger charge is 2.18. The summed E-state index contributed by atoms with van der Waals surface area (Å²) in [6.45, 7) is 3.84. The van der Waals surface area contributed by atoms with Crippen LogP contribution < -0.4 is 4.74 Å². The quantitative estimate of drug-likeness (QED) is 0.545. The van der Waals surface area contributed by atoms with Gasteiger partial charge in [-0.15, -0.1) is 0 Å². The molecule has 0 unspecified atom stereocenters. The van der Waals surface area contributed by atoms with E-state index in [1.807, 2.05) is 68.4 Å². The molecule has 3 N–H and O–H groups in total. The molecular formula is C22H22O4. The lowest BCUT2D eigenvalue weighted by Gasteiger charge is -2.15. The number of hydrogen-bond donors (Lipinski definition) is 3. The average Bonchev–Trinajstić information content (AvgIpc) is 2.64. The zero-order valence-corrected chi connectivity index (χ0v) is 14.8. The first-order valence-electron chi connectivity index (χ1n) is 8.54. The maximum Gasteiger partial charge on any atom is 0.200 e. The van der Waals surface area contributed by atoms with Crippen molar-refractivity contribution < 1.29 is 20.1 Å². The molecule has 4 nitrogen and oxygen atoms in total. The zero-order valence-electron chi connectivity index (χ0n) is 14.8. The summed E-state index contributed by atoms with van der Waals surface area (Å²) in [6.07, 6.45) is 0.436. The molecule has 26 heavy (non-hydrogen) atoms. The topological polar surface area (TPSA) is 69.9 Å². The predicted octanol–water partition coefficient (Wildman–Crippen LogP) is 5.31. The fourth-order valence-electron chi connectivity index (χ4n) is 2.82. The Balaban J connectivity index is 1.81. The monoisotopic (exact) mass is 350 g/mol. The van der Waals surface area contributed by atoms with Crippen LogP contribution >= 0.6 is 0 Å². The molecule has 0 aliphatic rings. The summed E-state index contributed by atoms with van der Waals surface area (Å²) in [6, 6.07) is 18.8. The highest BCUT2D eigenvalue weighted by atomic mass is 16.5. The van der Waals surface area contributed by atoms with Crippen LogP contribution in [-0.4, -0.2) is 15.3 Å². The molecule has 0 radical (unpaired) electrons. The number of para-hydroxylation sites is 1. The largest absolute Gasteiger partial charge is 0.504 e. The van der Waals surface area contributed by atoms with Gasteiger partial charge >= 0.3 is 0 Å². The van der Waals surface area contributed by atoms with E-state index in [2.05, 4.69) is 0 Å². The fourth-order valence-corrected chi connectivity index (χ4v) is 2.82. The SMILES string of the molecule is CC(C)c1cc(Cc2ccc(Oc3ccccc3)cc2)c(O)c(O)c1O. The molecule has 0 fully saturated rings. The van der Waals surface area contributed by atoms with Gasteiger partial charge in [-0.25, -0.2) is 0 Å². The van der Waals surface area contributed by atoms with Crippen LogP contribution in [0.1, 0.15) is 36.5 Å². The Bertz CT molecular complexity index is 884. The molecule has 0 bridgehead atoms. The van der Waals surface area contributed by atoms with Gasteiger partial charge in [-0.05, 0) is 41.8 Å². The van der Waals surface area contributed by atoms with E-state index >= 15 is 0 Å². The first-order valence-corrected chi connectivity index (χ1v) is 8.54. The highest BCUT2D eigenvalue weighted by Crippen LogP contribution is 2.43. The molecule has 0 atom stereocenters. The first-order chi connectivity index (χ1) is 12.5. The standard InChI is InChI=1S/C22H22O4/c1-14(2)19-13-16(20(23)22(25)21(19)24)12-15-8-10-18(11-9-15)26-17-6-4-3-5-7-17/h3-11,13-14,23-25H,12H2,1-2H3. The Morgan fingerprint density at radius 2 is 1.38 bits per heavy atom. The normalized spacial score (nSPS) is 10.9. The van der Waals surface area contributed by atoms with Crippen LogP contribution in [0, 0.1) is 0 Å². The lowest BCUT2D eigenvalue weighted by atomic mass is 9.95. The summed E-state index contributed by atoms with van der Waals surface area (Å²) < 4.78 is 5.77. The summed E-state index contributed by atoms with van der Waals surface area (Å²) in [7, 11) is 0. The molecule has 0 saturated heterocycles. The molecule has 0 aliphatic heterocycles. The summed E-state index contributed by atoms with van der Waals surface area (Å²) in [5, 5.41) is 30.1. The highest BCUT2D eigenvalue weighted by molar-refractivity contribution is 5.59. The van der Waals surface area contributed by atoms with E-state index in [1.54, 1.807) is 6.07 Å². The van der Waals surface area contributed by atoms with E-state index in [1.165, 1.54) is 0 Å². The Hall–Kier alpha value is -3.14. The Kier molecular flexibility index (Phi) is 5.03. The average molecular weight is 350 g/mol. The number of rotatable bonds is 5. The van der Waals surface area contributed by atoms with Crippen molar-refractivity contribution >= 4 is 0 Å². The van der Waals surface area contributed by atoms with Crippen LogP contribution in [0.2, 0.25) is 0 Å². The molecule has 3 rings (SSSR count). The van der Waals surface area contributed by atoms with Gasteiger partial charge < -0.3 is 20.1 Å². The Labute approximate surface area is 153 Å². The van der Waals surface area contributed by atoms with Gasteiger partial charge in [-0.3, -0.25) is 0 Å². The third-order valence-electron chi connectivity index (χ3n) is 4.27. The second-order valence-electron chi connectivity index (χ2n) is 6.56. The van der Waals surface area contributed by atoms with Gasteiger partial charge in [0.1, 0.15) is 11.5 Å². The van der Waals surface area contributed by atoms with Crippen LogP contribution in [0.4, 0.5) is 0 Å². The predicted molar refractivity (Wildman–Crippen MR) is 101 cm³/mol. The first kappa shape index (κ1) is 17.7. The van der Waals surface area contributed by atoms with Gasteiger partial charge in [-0.2, -0.15) is 0 Å². The van der Waals surface area contributed by atoms with Crippen LogP contribution in [0.25, 0.3) is 0 Å². The van der Waals surface area contributed by atoms with Gasteiger partial charge in [0.15, 0.2) is 11.5 Å². The van der Waals surface area contributed by atoms with E-state index in [4.69, 9.17) is 4.74 Å². The minimum Gasteiger partial charge on any atom is -0.504 e. The van der Waals surface area contributed by atoms with Crippen molar-refractivity contribution in [2.24, 2.45) is 0 Å². The zero-order chi connectivity index (χ0) is 18.7. The maximum absolute atomic E-state index is 10.2. The van der Waals surface area contributed by atoms with Crippen molar-refractivity contribution in [3.63, 3.8) is 0 Å². The molecule has 0 spiro atoms. The van der Waals surface area contributed by atoms with Crippen molar-refractivity contribution in [1.29, 1.82) is 0 Å². The van der Waals surface area contributed by atoms with Crippen molar-refractivity contribution in [2.75, 3.05) is 0 Å². The number of phenols is 3. The van der Waals surface area contributed by atoms with E-state index < -0.39 is 5.75 Å². The van der Waals surface area contributed by atoms with Crippen molar-refractivity contribution in [1.82, 2.24) is 0 Å². The third kappa shape index (κ3) is 3.75. The maximum atomic E-state index is 10.2. The van der Waals surface area contributed by atoms with E-state index in [9.17, 15) is 15.3 Å². The van der Waals surface area contributed by atoms with E-state index in [0.717, 1.165) is 17.1 Å². The molecule has 0 saturated carbocycles. The molecule has 4 heteroatoms. The van der Waals surface area contributed by atoms with Crippen molar-refractivity contribution in [3.8, 4) is 28.7 Å². The number of hydrogen-bond acceptors (Lipinski definition) is 4. The van der Waals surface area contributed by atoms with Crippen LogP contribution in [0.15, 0.2) is 60.7 Å². The number of benzene rings is 3. The fraction of sp³-hybridized carbons (Fsp3) is 0.182. The molecular weight excluding hydrogens is 328 g/mol. The number of aromatic hydroxyl groups is 3. The molecule has 0 heterocycles. The molecule has 3 aromatic carbocycles. The van der Waals surface area contributed by atoms with Crippen LogP contribution in [0.5, 0.6) is 28.7 Å². The Morgan fingerprint density at radius 1 is 0.769 bits per heavy atom. The lowest BCUT2D eigenvalue weighted by Crippen LogP contribution is -1.95. The van der Waals surface area contributed by atoms with Gasteiger partial charge in [0, 0.05) is 17.5 Å². The number of ether oxygens (including phenoxy) is 1. The number of phenolic OH excluding ortho intramolecular Hbond substituents is 3. The molecule has 0 aliphatic carbocycles. The van der Waals surface area contributed by atoms with Gasteiger partial charge in [0.25, 0.3) is 0 Å². The summed E-state index contributed by atoms with van der Waals surface area (Å²) >= 11 is 0. The second-order valence-corrected chi connectivity index (χ2v) is 6.56. The van der Waals surface area contributed by atoms with E-state index in [-0.39, 0.29) is 17.4 Å². The minimum atomic E-state index is -0.463. The van der Waals surface area contributed by atoms with Gasteiger partial charge in [0.05, 0.1) is 0 Å². The third-order valence-corrected chi connectivity index (χ3v) is 4.27. The smallest absolute Gasteiger partial charge is 0.200 e. The molecule has 0 amide bonds. The second kappa shape index (κ2) is 7.40. The van der Waals surface area contributed by atoms with Gasteiger partial charge in [0.2, 0.25) is 5.75 Å². The summed E-state index contributed by atoms with van der Waals surface area (Å²) in [5.41, 5.74) is 2.14. The van der Waals surface area contributed by atoms with Crippen LogP contribution in [0.3, 0.4) is 0 Å². The summed E-state index contributed by atoms with van der Waals surface area (Å²) in [4.78, 5) is 0. The molecule has 134 valence electrons. The van der Waals surface area contributed by atoms with E-state index in [0.29, 0.717) is 17.5 Å². The van der Waals surface area contributed by atoms with Crippen molar-refractivity contribution in [2.45, 2.75) is 26.2 Å². The minimum absolute atomic E-state index is 0.0295.